The lowest BCUT2D eigenvalue weighted by Crippen LogP contribution is -2.38. The van der Waals surface area contributed by atoms with E-state index in [9.17, 15) is 8.76 Å². The molecular weight excluding hydrogens is 358 g/mol. The Bertz CT molecular complexity index is 193. The van der Waals surface area contributed by atoms with E-state index in [1.807, 2.05) is 0 Å². The summed E-state index contributed by atoms with van der Waals surface area (Å²) in [5.74, 6) is 0. The summed E-state index contributed by atoms with van der Waals surface area (Å²) in [5.41, 5.74) is 0. The molecule has 0 radical (unpaired) electrons. The Balaban J connectivity index is 4.28. The van der Waals surface area contributed by atoms with Crippen molar-refractivity contribution >= 4 is 43.1 Å². The first-order valence-electron chi connectivity index (χ1n) is 5.70. The molecule has 16 heavy (non-hydrogen) atoms. The average Bonchev–Trinajstić information content (AvgIpc) is 2.23. The van der Waals surface area contributed by atoms with Gasteiger partial charge in [-0.2, -0.15) is 0 Å². The Morgan fingerprint density at radius 1 is 1.12 bits per heavy atom. The monoisotopic (exact) mass is 376 g/mol. The molecule has 0 saturated heterocycles. The van der Waals surface area contributed by atoms with Crippen molar-refractivity contribution in [3.8, 4) is 0 Å². The minimum Gasteiger partial charge on any atom is -0.760 e. The van der Waals surface area contributed by atoms with Crippen LogP contribution in [0.5, 0.6) is 0 Å². The Kier molecular flexibility index (Phi) is 10.6. The van der Waals surface area contributed by atoms with E-state index in [-0.39, 0.29) is 9.90 Å². The molecule has 3 unspecified atom stereocenters. The van der Waals surface area contributed by atoms with Crippen LogP contribution in [0.3, 0.4) is 0 Å². The second kappa shape index (κ2) is 10.00. The maximum Gasteiger partial charge on any atom is 0.0778 e. The molecule has 6 heteroatoms. The molecule has 0 aliphatic rings. The number of hydrogen-bond donors (Lipinski definition) is 0. The molecule has 0 N–H and O–H groups in total. The normalized spacial score (nSPS) is 17.4. The van der Waals surface area contributed by atoms with Gasteiger partial charge < -0.3 is 4.55 Å². The van der Waals surface area contributed by atoms with Crippen molar-refractivity contribution in [1.29, 1.82) is 0 Å². The average molecular weight is 378 g/mol. The zero-order chi connectivity index (χ0) is 12.6. The summed E-state index contributed by atoms with van der Waals surface area (Å²) in [5, 5.41) is 0. The topological polar surface area (TPSA) is 43.4 Å². The Labute approximate surface area is 118 Å². The van der Waals surface area contributed by atoms with Crippen LogP contribution in [0.1, 0.15) is 52.4 Å². The quantitative estimate of drug-likeness (QED) is 0.347. The second-order valence-electron chi connectivity index (χ2n) is 3.73. The van der Waals surface area contributed by atoms with Crippen LogP contribution < -0.4 is 0 Å². The van der Waals surface area contributed by atoms with Crippen LogP contribution in [0.15, 0.2) is 0 Å². The van der Waals surface area contributed by atoms with Gasteiger partial charge in [-0.15, -0.1) is 0 Å². The number of alkyl halides is 2. The van der Waals surface area contributed by atoms with Gasteiger partial charge in [0.25, 0.3) is 0 Å². The van der Waals surface area contributed by atoms with Gasteiger partial charge in [0.05, 0.1) is 9.90 Å². The highest BCUT2D eigenvalue weighted by Crippen LogP contribution is 2.25. The van der Waals surface area contributed by atoms with Crippen LogP contribution in [0.2, 0.25) is 0 Å². The molecule has 0 aromatic heterocycles. The number of rotatable bonds is 9. The number of halogens is 2. The molecule has 0 rings (SSSR count). The first-order chi connectivity index (χ1) is 7.54. The van der Waals surface area contributed by atoms with Crippen molar-refractivity contribution in [2.24, 2.45) is 0 Å². The summed E-state index contributed by atoms with van der Waals surface area (Å²) < 4.78 is 23.8. The third-order valence-electron chi connectivity index (χ3n) is 2.32. The van der Waals surface area contributed by atoms with Crippen molar-refractivity contribution in [2.45, 2.75) is 62.3 Å². The highest BCUT2D eigenvalue weighted by Gasteiger charge is 2.22. The summed E-state index contributed by atoms with van der Waals surface area (Å²) in [6.07, 6.45) is 5.89. The van der Waals surface area contributed by atoms with E-state index in [2.05, 4.69) is 45.7 Å². The number of hydrogen-bond acceptors (Lipinski definition) is 2. The highest BCUT2D eigenvalue weighted by molar-refractivity contribution is 9.10. The summed E-state index contributed by atoms with van der Waals surface area (Å²) in [6.45, 7) is 4.20. The molecule has 0 aromatic carbocycles. The van der Waals surface area contributed by atoms with Crippen molar-refractivity contribution in [1.82, 2.24) is 4.31 Å². The minimum absolute atomic E-state index is 0.105. The van der Waals surface area contributed by atoms with Crippen molar-refractivity contribution in [3.05, 3.63) is 0 Å². The van der Waals surface area contributed by atoms with Gasteiger partial charge in [0.15, 0.2) is 0 Å². The van der Waals surface area contributed by atoms with Gasteiger partial charge in [-0.3, -0.25) is 4.21 Å². The van der Waals surface area contributed by atoms with Gasteiger partial charge in [-0.25, -0.2) is 4.31 Å². The largest absolute Gasteiger partial charge is 0.760 e. The summed E-state index contributed by atoms with van der Waals surface area (Å²) >= 11 is 4.70. The predicted octanol–water partition coefficient (Wildman–Crippen LogP) is 3.90. The summed E-state index contributed by atoms with van der Waals surface area (Å²) in [6, 6.07) is 0. The predicted molar refractivity (Wildman–Crippen MR) is 75.2 cm³/mol. The summed E-state index contributed by atoms with van der Waals surface area (Å²) in [7, 11) is 0. The van der Waals surface area contributed by atoms with E-state index in [1.54, 1.807) is 0 Å². The van der Waals surface area contributed by atoms with E-state index in [0.717, 1.165) is 38.5 Å². The van der Waals surface area contributed by atoms with Crippen LogP contribution >= 0.6 is 31.9 Å². The fourth-order valence-electron chi connectivity index (χ4n) is 1.36. The van der Waals surface area contributed by atoms with Crippen LogP contribution in [0.25, 0.3) is 0 Å². The molecule has 0 aromatic rings. The first kappa shape index (κ1) is 17.0. The third-order valence-corrected chi connectivity index (χ3v) is 5.51. The van der Waals surface area contributed by atoms with Crippen molar-refractivity contribution in [3.63, 3.8) is 0 Å². The van der Waals surface area contributed by atoms with Crippen molar-refractivity contribution < 1.29 is 8.76 Å². The van der Waals surface area contributed by atoms with E-state index in [1.165, 1.54) is 4.31 Å². The fraction of sp³-hybridized carbons (Fsp3) is 1.00. The molecule has 3 nitrogen and oxygen atoms in total. The highest BCUT2D eigenvalue weighted by atomic mass is 79.9. The Hall–Kier alpha value is 1.03. The van der Waals surface area contributed by atoms with Gasteiger partial charge in [0.1, 0.15) is 0 Å². The molecule has 98 valence electrons. The zero-order valence-electron chi connectivity index (χ0n) is 9.83. The van der Waals surface area contributed by atoms with Gasteiger partial charge in [-0.05, 0) is 12.8 Å². The lowest BCUT2D eigenvalue weighted by molar-refractivity contribution is 0.337. The van der Waals surface area contributed by atoms with E-state index in [4.69, 9.17) is 0 Å². The fourth-order valence-corrected chi connectivity index (χ4v) is 4.30. The lowest BCUT2D eigenvalue weighted by Gasteiger charge is -2.33. The second-order valence-corrected chi connectivity index (χ2v) is 6.70. The zero-order valence-corrected chi connectivity index (χ0v) is 13.8. The van der Waals surface area contributed by atoms with Gasteiger partial charge in [0, 0.05) is 11.3 Å². The van der Waals surface area contributed by atoms with Crippen LogP contribution in [0, 0.1) is 0 Å². The van der Waals surface area contributed by atoms with Crippen LogP contribution in [0.4, 0.5) is 0 Å². The minimum atomic E-state index is -2.18. The van der Waals surface area contributed by atoms with Crippen LogP contribution in [-0.4, -0.2) is 23.0 Å². The number of nitrogens with zero attached hydrogens (tertiary/aromatic N) is 1. The maximum absolute atomic E-state index is 11.2. The molecular formula is C10H20Br2NO2S-. The molecule has 0 aliphatic carbocycles. The Morgan fingerprint density at radius 2 is 1.50 bits per heavy atom. The smallest absolute Gasteiger partial charge is 0.0778 e. The van der Waals surface area contributed by atoms with Gasteiger partial charge in [0.2, 0.25) is 0 Å². The SMILES string of the molecule is CCCCC(Br)N(C(Br)CCCC)S(=O)[O-]. The summed E-state index contributed by atoms with van der Waals surface area (Å²) in [4.78, 5) is -0.209. The Morgan fingerprint density at radius 3 is 1.75 bits per heavy atom. The van der Waals surface area contributed by atoms with E-state index >= 15 is 0 Å². The molecule has 0 fully saturated rings. The molecule has 0 spiro atoms. The molecule has 0 heterocycles. The van der Waals surface area contributed by atoms with Gasteiger partial charge in [-0.1, -0.05) is 71.4 Å². The van der Waals surface area contributed by atoms with Crippen LogP contribution in [-0.2, 0) is 11.3 Å². The first-order valence-corrected chi connectivity index (χ1v) is 8.56. The maximum atomic E-state index is 11.2. The van der Waals surface area contributed by atoms with Gasteiger partial charge >= 0.3 is 0 Å². The third kappa shape index (κ3) is 6.69. The van der Waals surface area contributed by atoms with E-state index < -0.39 is 11.3 Å². The lowest BCUT2D eigenvalue weighted by atomic mass is 10.2. The number of unbranched alkanes of at least 4 members (excludes halogenated alkanes) is 2. The molecule has 0 aliphatic heterocycles. The molecule has 0 amide bonds. The molecule has 0 bridgehead atoms. The van der Waals surface area contributed by atoms with Crippen molar-refractivity contribution in [2.75, 3.05) is 0 Å². The standard InChI is InChI=1S/C10H21Br2NO2S/c1-3-5-7-9(11)13(16(14)15)10(12)8-6-4-2/h9-10H,3-8H2,1-2H3,(H,14,15)/p-1. The molecule has 0 saturated carbocycles. The molecule has 3 atom stereocenters. The van der Waals surface area contributed by atoms with E-state index in [0.29, 0.717) is 0 Å².